The molecule has 0 saturated heterocycles. The second kappa shape index (κ2) is 10.6. The van der Waals surface area contributed by atoms with E-state index in [1.807, 2.05) is 6.07 Å². The minimum Gasteiger partial charge on any atom is -0.315 e. The number of aromatic amines is 1. The zero-order chi connectivity index (χ0) is 25.1. The highest BCUT2D eigenvalue weighted by Gasteiger charge is 2.27. The van der Waals surface area contributed by atoms with Crippen LogP contribution in [0.3, 0.4) is 0 Å². The highest BCUT2D eigenvalue weighted by Crippen LogP contribution is 2.24. The van der Waals surface area contributed by atoms with Crippen molar-refractivity contribution in [1.82, 2.24) is 9.78 Å². The van der Waals surface area contributed by atoms with Gasteiger partial charge in [0.1, 0.15) is 5.82 Å². The van der Waals surface area contributed by atoms with Crippen molar-refractivity contribution in [2.45, 2.75) is 52.0 Å². The molecule has 184 valence electrons. The second-order valence-electron chi connectivity index (χ2n) is 9.31. The number of H-pyrrole nitrogens is 1. The normalized spacial score (nSPS) is 13.8. The lowest BCUT2D eigenvalue weighted by molar-refractivity contribution is -0.127. The Bertz CT molecular complexity index is 1280. The maximum atomic E-state index is 14.0. The van der Waals surface area contributed by atoms with Gasteiger partial charge in [-0.1, -0.05) is 17.7 Å². The van der Waals surface area contributed by atoms with Crippen LogP contribution in [0.1, 0.15) is 41.6 Å². The fourth-order valence-corrected chi connectivity index (χ4v) is 4.99. The molecule has 1 aromatic heterocycles. The molecule has 0 saturated carbocycles. The zero-order valence-electron chi connectivity index (χ0n) is 19.9. The van der Waals surface area contributed by atoms with Crippen molar-refractivity contribution < 1.29 is 14.0 Å². The number of ketones is 1. The van der Waals surface area contributed by atoms with Crippen molar-refractivity contribution in [3.05, 3.63) is 86.0 Å². The monoisotopic (exact) mass is 497 g/mol. The maximum absolute atomic E-state index is 14.0. The first-order chi connectivity index (χ1) is 16.7. The van der Waals surface area contributed by atoms with Crippen LogP contribution in [0, 0.1) is 18.7 Å². The number of nitrogens with one attached hydrogen (secondary N) is 1. The summed E-state index contributed by atoms with van der Waals surface area (Å²) in [5, 5.41) is 3.35. The first-order valence-electron chi connectivity index (χ1n) is 11.8. The minimum absolute atomic E-state index is 0.00118. The van der Waals surface area contributed by atoms with Crippen molar-refractivity contribution in [3.8, 4) is 0 Å². The highest BCUT2D eigenvalue weighted by molar-refractivity contribution is 6.30. The number of carbonyl (C=O) groups is 2. The van der Waals surface area contributed by atoms with E-state index in [9.17, 15) is 18.8 Å². The topological polar surface area (TPSA) is 75.2 Å². The van der Waals surface area contributed by atoms with E-state index < -0.39 is 5.92 Å². The van der Waals surface area contributed by atoms with Crippen molar-refractivity contribution in [3.63, 3.8) is 0 Å². The fourth-order valence-electron chi connectivity index (χ4n) is 4.87. The molecule has 0 spiro atoms. The van der Waals surface area contributed by atoms with Gasteiger partial charge in [0.15, 0.2) is 5.78 Å². The number of carbonyl (C=O) groups excluding carboxylic acids is 2. The molecule has 4 rings (SSSR count). The molecule has 0 bridgehead atoms. The van der Waals surface area contributed by atoms with E-state index in [2.05, 4.69) is 5.10 Å². The van der Waals surface area contributed by atoms with Gasteiger partial charge in [-0.2, -0.15) is 0 Å². The predicted molar refractivity (Wildman–Crippen MR) is 135 cm³/mol. The Morgan fingerprint density at radius 3 is 2.57 bits per heavy atom. The Balaban J connectivity index is 1.57. The van der Waals surface area contributed by atoms with Crippen molar-refractivity contribution in [2.75, 3.05) is 11.9 Å². The van der Waals surface area contributed by atoms with Crippen LogP contribution in [0.5, 0.6) is 0 Å². The quantitative estimate of drug-likeness (QED) is 0.492. The van der Waals surface area contributed by atoms with Gasteiger partial charge in [-0.25, -0.2) is 4.39 Å². The number of anilines is 1. The molecule has 0 unspecified atom stereocenters. The summed E-state index contributed by atoms with van der Waals surface area (Å²) in [7, 11) is 1.65. The number of hydrogen-bond donors (Lipinski definition) is 1. The lowest BCUT2D eigenvalue weighted by atomic mass is 9.91. The van der Waals surface area contributed by atoms with Crippen LogP contribution in [0.4, 0.5) is 10.1 Å². The van der Waals surface area contributed by atoms with Gasteiger partial charge in [0, 0.05) is 41.4 Å². The van der Waals surface area contributed by atoms with Gasteiger partial charge in [-0.3, -0.25) is 24.2 Å². The molecule has 1 N–H and O–H groups in total. The SMILES string of the molecule is Cc1cc(F)cc(C[C@H](CC(=O)Cn2[nH]c(=O)c3c2CCCC3)C(=O)N(C)c2ccc(Cl)cc2)c1. The number of aromatic nitrogens is 2. The fraction of sp³-hybridized carbons (Fsp3) is 0.370. The van der Waals surface area contributed by atoms with Crippen LogP contribution in [0.15, 0.2) is 47.3 Å². The first kappa shape index (κ1) is 24.9. The maximum Gasteiger partial charge on any atom is 0.267 e. The highest BCUT2D eigenvalue weighted by atomic mass is 35.5. The molecule has 0 fully saturated rings. The Hall–Kier alpha value is -3.19. The summed E-state index contributed by atoms with van der Waals surface area (Å²) in [4.78, 5) is 40.4. The van der Waals surface area contributed by atoms with Crippen molar-refractivity contribution in [2.24, 2.45) is 5.92 Å². The van der Waals surface area contributed by atoms with Crippen molar-refractivity contribution >= 4 is 29.0 Å². The van der Waals surface area contributed by atoms with Crippen LogP contribution < -0.4 is 10.5 Å². The number of amides is 1. The summed E-state index contributed by atoms with van der Waals surface area (Å²) in [6.07, 6.45) is 3.62. The van der Waals surface area contributed by atoms with E-state index in [1.54, 1.807) is 42.9 Å². The van der Waals surface area contributed by atoms with Gasteiger partial charge < -0.3 is 4.90 Å². The molecular formula is C27H29ClFN3O3. The van der Waals surface area contributed by atoms with Crippen LogP contribution in [-0.4, -0.2) is 28.5 Å². The van der Waals surface area contributed by atoms with E-state index in [1.165, 1.54) is 17.0 Å². The number of halogens is 2. The van der Waals surface area contributed by atoms with Crippen LogP contribution in [0.25, 0.3) is 0 Å². The molecule has 1 amide bonds. The number of hydrogen-bond acceptors (Lipinski definition) is 3. The minimum atomic E-state index is -0.692. The van der Waals surface area contributed by atoms with Gasteiger partial charge >= 0.3 is 0 Å². The lowest BCUT2D eigenvalue weighted by Crippen LogP contribution is -2.36. The van der Waals surface area contributed by atoms with E-state index in [4.69, 9.17) is 11.6 Å². The Morgan fingerprint density at radius 2 is 1.86 bits per heavy atom. The summed E-state index contributed by atoms with van der Waals surface area (Å²) in [6, 6.07) is 11.5. The van der Waals surface area contributed by atoms with Gasteiger partial charge in [-0.15, -0.1) is 0 Å². The van der Waals surface area contributed by atoms with Gasteiger partial charge in [0.05, 0.1) is 6.54 Å². The Kier molecular flexibility index (Phi) is 7.55. The largest absolute Gasteiger partial charge is 0.315 e. The molecule has 1 aliphatic carbocycles. The van der Waals surface area contributed by atoms with Crippen LogP contribution in [0.2, 0.25) is 5.02 Å². The molecule has 1 heterocycles. The van der Waals surface area contributed by atoms with E-state index >= 15 is 0 Å². The molecule has 0 radical (unpaired) electrons. The summed E-state index contributed by atoms with van der Waals surface area (Å²) in [5.41, 5.74) is 3.56. The number of fused-ring (bicyclic) bond motifs is 1. The summed E-state index contributed by atoms with van der Waals surface area (Å²) in [6.45, 7) is 1.79. The third kappa shape index (κ3) is 5.90. The molecule has 1 atom stereocenters. The molecule has 8 heteroatoms. The molecule has 2 aromatic carbocycles. The molecule has 6 nitrogen and oxygen atoms in total. The molecule has 1 aliphatic rings. The van der Waals surface area contributed by atoms with Gasteiger partial charge in [0.2, 0.25) is 5.91 Å². The van der Waals surface area contributed by atoms with Crippen molar-refractivity contribution in [1.29, 1.82) is 0 Å². The number of rotatable bonds is 8. The summed E-state index contributed by atoms with van der Waals surface area (Å²) in [5.74, 6) is -1.48. The smallest absolute Gasteiger partial charge is 0.267 e. The zero-order valence-corrected chi connectivity index (χ0v) is 20.7. The summed E-state index contributed by atoms with van der Waals surface area (Å²) >= 11 is 5.98. The second-order valence-corrected chi connectivity index (χ2v) is 9.75. The number of nitrogens with zero attached hydrogens (tertiary/aromatic N) is 2. The molecular weight excluding hydrogens is 469 g/mol. The average Bonchev–Trinajstić information content (AvgIpc) is 3.12. The van der Waals surface area contributed by atoms with Crippen LogP contribution >= 0.6 is 11.6 Å². The Morgan fingerprint density at radius 1 is 1.14 bits per heavy atom. The number of benzene rings is 2. The van der Waals surface area contributed by atoms with E-state index in [0.717, 1.165) is 42.5 Å². The van der Waals surface area contributed by atoms with E-state index in [-0.39, 0.29) is 42.5 Å². The number of aryl methyl sites for hydroxylation is 1. The Labute approximate surface area is 208 Å². The molecule has 0 aliphatic heterocycles. The predicted octanol–water partition coefficient (Wildman–Crippen LogP) is 4.64. The lowest BCUT2D eigenvalue weighted by Gasteiger charge is -2.24. The third-order valence-corrected chi connectivity index (χ3v) is 6.81. The average molecular weight is 498 g/mol. The van der Waals surface area contributed by atoms with Gasteiger partial charge in [-0.05, 0) is 86.6 Å². The standard InChI is InChI=1S/C27H29ClFN3O3/c1-17-11-18(14-21(29)12-17)13-19(27(35)31(2)22-9-7-20(28)8-10-22)15-23(33)16-32-25-6-4-3-5-24(25)26(34)30-32/h7-12,14,19H,3-6,13,15-16H2,1-2H3,(H,30,34)/t19-/m1/s1. The molecule has 3 aromatic rings. The van der Waals surface area contributed by atoms with Crippen LogP contribution in [-0.2, 0) is 35.4 Å². The third-order valence-electron chi connectivity index (χ3n) is 6.56. The summed E-state index contributed by atoms with van der Waals surface area (Å²) < 4.78 is 15.7. The first-order valence-corrected chi connectivity index (χ1v) is 12.2. The van der Waals surface area contributed by atoms with E-state index in [0.29, 0.717) is 16.3 Å². The number of Topliss-reactive ketones (excluding diaryl/α,β-unsaturated/α-hetero) is 1. The van der Waals surface area contributed by atoms with Gasteiger partial charge in [0.25, 0.3) is 5.56 Å². The molecule has 35 heavy (non-hydrogen) atoms.